The molecule has 0 radical (unpaired) electrons. The van der Waals surface area contributed by atoms with Crippen LogP contribution in [0.4, 0.5) is 15.8 Å². The minimum atomic E-state index is -0.423. The zero-order valence-electron chi connectivity index (χ0n) is 14.0. The van der Waals surface area contributed by atoms with Crippen molar-refractivity contribution in [1.29, 1.82) is 0 Å². The second-order valence-electron chi connectivity index (χ2n) is 5.90. The highest BCUT2D eigenvalue weighted by Crippen LogP contribution is 2.22. The van der Waals surface area contributed by atoms with Crippen LogP contribution in [0.25, 0.3) is 0 Å². The van der Waals surface area contributed by atoms with Crippen LogP contribution >= 0.6 is 11.6 Å². The Labute approximate surface area is 150 Å². The van der Waals surface area contributed by atoms with Gasteiger partial charge in [-0.05, 0) is 42.8 Å². The van der Waals surface area contributed by atoms with Crippen LogP contribution < -0.4 is 15.5 Å². The van der Waals surface area contributed by atoms with Gasteiger partial charge in [0.25, 0.3) is 11.8 Å². The molecule has 0 spiro atoms. The van der Waals surface area contributed by atoms with E-state index in [-0.39, 0.29) is 24.9 Å². The molecule has 2 rings (SSSR count). The number of likely N-dealkylation sites (N-methyl/N-ethyl adjacent to an activating group) is 1. The highest BCUT2D eigenvalue weighted by atomic mass is 35.5. The number of nitrogens with one attached hydrogen (secondary N) is 3. The van der Waals surface area contributed by atoms with Crippen LogP contribution in [0.5, 0.6) is 0 Å². The van der Waals surface area contributed by atoms with Crippen molar-refractivity contribution in [2.75, 3.05) is 30.8 Å². The molecule has 0 saturated carbocycles. The normalized spacial score (nSPS) is 11.7. The first-order chi connectivity index (χ1) is 11.8. The van der Waals surface area contributed by atoms with Crippen molar-refractivity contribution in [2.45, 2.75) is 6.92 Å². The lowest BCUT2D eigenvalue weighted by atomic mass is 10.2. The predicted octanol–water partition coefficient (Wildman–Crippen LogP) is 1.88. The minimum absolute atomic E-state index is 0.0750. The van der Waals surface area contributed by atoms with Crippen molar-refractivity contribution in [2.24, 2.45) is 0 Å². The molecule has 2 aromatic carbocycles. The molecule has 0 aliphatic carbocycles. The standard InChI is InChI=1S/C18H19ClFN3O2/c1-12-6-7-16(15(19)8-12)22-18(25)11-23(2)10-17(24)21-14-5-3-4-13(20)9-14/h3-9H,10-11H2,1-2H3,(H,21,24)(H,22,25)/p+1. The summed E-state index contributed by atoms with van der Waals surface area (Å²) >= 11 is 6.08. The summed E-state index contributed by atoms with van der Waals surface area (Å²) in [6.07, 6.45) is 0. The summed E-state index contributed by atoms with van der Waals surface area (Å²) in [5, 5.41) is 5.79. The number of hydrogen-bond donors (Lipinski definition) is 3. The molecule has 3 N–H and O–H groups in total. The highest BCUT2D eigenvalue weighted by Gasteiger charge is 2.15. The smallest absolute Gasteiger partial charge is 0.279 e. The fourth-order valence-electron chi connectivity index (χ4n) is 2.30. The zero-order valence-corrected chi connectivity index (χ0v) is 14.8. The van der Waals surface area contributed by atoms with Crippen LogP contribution in [-0.4, -0.2) is 32.0 Å². The molecule has 1 unspecified atom stereocenters. The van der Waals surface area contributed by atoms with E-state index >= 15 is 0 Å². The van der Waals surface area contributed by atoms with Crippen molar-refractivity contribution < 1.29 is 18.9 Å². The molecule has 0 heterocycles. The monoisotopic (exact) mass is 364 g/mol. The number of aryl methyl sites for hydroxylation is 1. The van der Waals surface area contributed by atoms with Gasteiger partial charge in [0.05, 0.1) is 17.8 Å². The average Bonchev–Trinajstić information content (AvgIpc) is 2.49. The van der Waals surface area contributed by atoms with E-state index in [1.54, 1.807) is 25.2 Å². The van der Waals surface area contributed by atoms with Gasteiger partial charge in [0.15, 0.2) is 13.1 Å². The largest absolute Gasteiger partial charge is 0.322 e. The van der Waals surface area contributed by atoms with Crippen molar-refractivity contribution >= 4 is 34.8 Å². The van der Waals surface area contributed by atoms with E-state index in [9.17, 15) is 14.0 Å². The van der Waals surface area contributed by atoms with Crippen molar-refractivity contribution in [3.8, 4) is 0 Å². The molecule has 7 heteroatoms. The van der Waals surface area contributed by atoms with Crippen molar-refractivity contribution in [1.82, 2.24) is 0 Å². The zero-order chi connectivity index (χ0) is 18.4. The van der Waals surface area contributed by atoms with Gasteiger partial charge in [0.2, 0.25) is 0 Å². The lowest BCUT2D eigenvalue weighted by Gasteiger charge is -2.14. The molecule has 0 saturated heterocycles. The van der Waals surface area contributed by atoms with E-state index in [0.717, 1.165) is 5.56 Å². The number of amides is 2. The third kappa shape index (κ3) is 6.17. The Bertz CT molecular complexity index is 783. The Morgan fingerprint density at radius 2 is 1.76 bits per heavy atom. The quantitative estimate of drug-likeness (QED) is 0.733. The van der Waals surface area contributed by atoms with E-state index < -0.39 is 5.82 Å². The average molecular weight is 365 g/mol. The summed E-state index contributed by atoms with van der Waals surface area (Å²) in [7, 11) is 1.72. The Balaban J connectivity index is 1.83. The van der Waals surface area contributed by atoms with Crippen LogP contribution in [0.15, 0.2) is 42.5 Å². The predicted molar refractivity (Wildman–Crippen MR) is 96.5 cm³/mol. The molecule has 132 valence electrons. The van der Waals surface area contributed by atoms with Gasteiger partial charge in [-0.25, -0.2) is 4.39 Å². The maximum absolute atomic E-state index is 13.1. The molecule has 1 atom stereocenters. The minimum Gasteiger partial charge on any atom is -0.322 e. The summed E-state index contributed by atoms with van der Waals surface area (Å²) in [6, 6.07) is 11.0. The van der Waals surface area contributed by atoms with E-state index in [4.69, 9.17) is 11.6 Å². The van der Waals surface area contributed by atoms with E-state index in [1.807, 2.05) is 13.0 Å². The van der Waals surface area contributed by atoms with Crippen LogP contribution in [0.3, 0.4) is 0 Å². The van der Waals surface area contributed by atoms with Gasteiger partial charge >= 0.3 is 0 Å². The van der Waals surface area contributed by atoms with E-state index in [1.165, 1.54) is 18.2 Å². The van der Waals surface area contributed by atoms with Gasteiger partial charge in [-0.1, -0.05) is 23.7 Å². The van der Waals surface area contributed by atoms with E-state index in [0.29, 0.717) is 21.3 Å². The van der Waals surface area contributed by atoms with Gasteiger partial charge in [0.1, 0.15) is 5.82 Å². The first-order valence-electron chi connectivity index (χ1n) is 7.76. The molecule has 25 heavy (non-hydrogen) atoms. The fraction of sp³-hybridized carbons (Fsp3) is 0.222. The Hall–Kier alpha value is -2.44. The van der Waals surface area contributed by atoms with E-state index in [2.05, 4.69) is 10.6 Å². The van der Waals surface area contributed by atoms with Gasteiger partial charge in [-0.3, -0.25) is 9.59 Å². The maximum Gasteiger partial charge on any atom is 0.279 e. The molecule has 0 fully saturated rings. The maximum atomic E-state index is 13.1. The molecular formula is C18H20ClFN3O2+. The molecular weight excluding hydrogens is 345 g/mol. The summed E-state index contributed by atoms with van der Waals surface area (Å²) in [6.45, 7) is 2.08. The Morgan fingerprint density at radius 1 is 1.08 bits per heavy atom. The third-order valence-electron chi connectivity index (χ3n) is 3.43. The van der Waals surface area contributed by atoms with Crippen molar-refractivity contribution in [3.63, 3.8) is 0 Å². The van der Waals surface area contributed by atoms with Crippen LogP contribution in [-0.2, 0) is 9.59 Å². The summed E-state index contributed by atoms with van der Waals surface area (Å²) < 4.78 is 13.1. The molecule has 0 bridgehead atoms. The first-order valence-corrected chi connectivity index (χ1v) is 8.14. The number of halogens is 2. The Morgan fingerprint density at radius 3 is 2.40 bits per heavy atom. The number of carbonyl (C=O) groups is 2. The van der Waals surface area contributed by atoms with Gasteiger partial charge in [-0.15, -0.1) is 0 Å². The molecule has 5 nitrogen and oxygen atoms in total. The van der Waals surface area contributed by atoms with Gasteiger partial charge in [-0.2, -0.15) is 0 Å². The Kier molecular flexibility index (Phi) is 6.50. The molecule has 2 amide bonds. The molecule has 0 aliphatic heterocycles. The lowest BCUT2D eigenvalue weighted by Crippen LogP contribution is -3.11. The lowest BCUT2D eigenvalue weighted by molar-refractivity contribution is -0.862. The summed E-state index contributed by atoms with van der Waals surface area (Å²) in [4.78, 5) is 24.7. The number of carbonyl (C=O) groups excluding carboxylic acids is 2. The fourth-order valence-corrected chi connectivity index (χ4v) is 2.58. The van der Waals surface area contributed by atoms with Gasteiger partial charge in [0, 0.05) is 5.69 Å². The number of hydrogen-bond acceptors (Lipinski definition) is 2. The number of benzene rings is 2. The molecule has 2 aromatic rings. The van der Waals surface area contributed by atoms with Gasteiger partial charge < -0.3 is 15.5 Å². The van der Waals surface area contributed by atoms with Crippen LogP contribution in [0, 0.1) is 12.7 Å². The number of anilines is 2. The number of rotatable bonds is 6. The van der Waals surface area contributed by atoms with Crippen LogP contribution in [0.2, 0.25) is 5.02 Å². The second-order valence-corrected chi connectivity index (χ2v) is 6.31. The van der Waals surface area contributed by atoms with Crippen LogP contribution in [0.1, 0.15) is 5.56 Å². The molecule has 0 aromatic heterocycles. The summed E-state index contributed by atoms with van der Waals surface area (Å²) in [5.74, 6) is -0.973. The third-order valence-corrected chi connectivity index (χ3v) is 3.74. The molecule has 0 aliphatic rings. The SMILES string of the molecule is Cc1ccc(NC(=O)C[NH+](C)CC(=O)Nc2cccc(F)c2)c(Cl)c1. The van der Waals surface area contributed by atoms with Crippen molar-refractivity contribution in [3.05, 3.63) is 58.9 Å². The summed E-state index contributed by atoms with van der Waals surface area (Å²) in [5.41, 5.74) is 1.92. The second kappa shape index (κ2) is 8.60. The first kappa shape index (κ1) is 18.9. The number of quaternary nitrogens is 1. The topological polar surface area (TPSA) is 62.6 Å². The highest BCUT2D eigenvalue weighted by molar-refractivity contribution is 6.33.